The highest BCUT2D eigenvalue weighted by molar-refractivity contribution is 5.91. The Morgan fingerprint density at radius 1 is 1.50 bits per heavy atom. The number of rotatable bonds is 4. The van der Waals surface area contributed by atoms with E-state index in [4.69, 9.17) is 10.6 Å². The molecule has 94 valence electrons. The lowest BCUT2D eigenvalue weighted by Gasteiger charge is -2.06. The predicted molar refractivity (Wildman–Crippen MR) is 65.7 cm³/mol. The summed E-state index contributed by atoms with van der Waals surface area (Å²) in [7, 11) is 0. The molecule has 0 radical (unpaired) electrons. The second kappa shape index (κ2) is 5.33. The van der Waals surface area contributed by atoms with Crippen LogP contribution in [0, 0.1) is 6.92 Å². The van der Waals surface area contributed by atoms with E-state index in [1.807, 2.05) is 36.6 Å². The van der Waals surface area contributed by atoms with Gasteiger partial charge in [-0.1, -0.05) is 12.1 Å². The van der Waals surface area contributed by atoms with Crippen LogP contribution in [0.3, 0.4) is 0 Å². The minimum Gasteiger partial charge on any atom is -0.471 e. The quantitative estimate of drug-likeness (QED) is 0.475. The van der Waals surface area contributed by atoms with Crippen LogP contribution in [0.2, 0.25) is 0 Å². The number of amides is 1. The molecule has 0 saturated carbocycles. The van der Waals surface area contributed by atoms with E-state index in [0.29, 0.717) is 0 Å². The van der Waals surface area contributed by atoms with E-state index in [0.717, 1.165) is 11.3 Å². The normalized spacial score (nSPS) is 10.1. The molecule has 0 unspecified atom stereocenters. The zero-order chi connectivity index (χ0) is 13.0. The average molecular weight is 246 g/mol. The molecular formula is C12H14N4O2. The van der Waals surface area contributed by atoms with Gasteiger partial charge in [0.1, 0.15) is 5.75 Å². The van der Waals surface area contributed by atoms with Crippen molar-refractivity contribution >= 4 is 5.91 Å². The molecule has 2 aromatic rings. The Hall–Kier alpha value is -2.34. The molecule has 0 saturated heterocycles. The van der Waals surface area contributed by atoms with E-state index in [9.17, 15) is 4.79 Å². The topological polar surface area (TPSA) is 82.2 Å². The molecule has 1 aromatic heterocycles. The summed E-state index contributed by atoms with van der Waals surface area (Å²) in [4.78, 5) is 11.2. The zero-order valence-corrected chi connectivity index (χ0v) is 9.96. The summed E-state index contributed by atoms with van der Waals surface area (Å²) in [6.45, 7) is 2.23. The first-order valence-corrected chi connectivity index (χ1v) is 5.43. The monoisotopic (exact) mass is 246 g/mol. The third-order valence-corrected chi connectivity index (χ3v) is 2.36. The molecule has 6 nitrogen and oxygen atoms in total. The highest BCUT2D eigenvalue weighted by Gasteiger charge is 2.07. The molecule has 2 rings (SSSR count). The highest BCUT2D eigenvalue weighted by atomic mass is 16.5. The van der Waals surface area contributed by atoms with Gasteiger partial charge in [-0.15, -0.1) is 0 Å². The lowest BCUT2D eigenvalue weighted by atomic mass is 10.2. The molecule has 0 aliphatic heterocycles. The van der Waals surface area contributed by atoms with Gasteiger partial charge in [0.05, 0.1) is 0 Å². The van der Waals surface area contributed by atoms with Gasteiger partial charge in [-0.3, -0.25) is 10.2 Å². The average Bonchev–Trinajstić information content (AvgIpc) is 2.84. The number of hydrogen-bond donors (Lipinski definition) is 2. The molecule has 6 heteroatoms. The van der Waals surface area contributed by atoms with Crippen molar-refractivity contribution in [2.75, 3.05) is 0 Å². The van der Waals surface area contributed by atoms with Gasteiger partial charge in [0.25, 0.3) is 5.91 Å². The Labute approximate surface area is 104 Å². The summed E-state index contributed by atoms with van der Waals surface area (Å²) >= 11 is 0. The second-order valence-electron chi connectivity index (χ2n) is 3.80. The van der Waals surface area contributed by atoms with Gasteiger partial charge in [0.2, 0.25) is 0 Å². The van der Waals surface area contributed by atoms with Crippen LogP contribution in [0.15, 0.2) is 36.5 Å². The molecule has 1 amide bonds. The number of carbonyl (C=O) groups excluding carboxylic acids is 1. The fourth-order valence-electron chi connectivity index (χ4n) is 1.47. The van der Waals surface area contributed by atoms with Crippen molar-refractivity contribution in [3.05, 3.63) is 47.8 Å². The van der Waals surface area contributed by atoms with E-state index in [-0.39, 0.29) is 12.4 Å². The van der Waals surface area contributed by atoms with Crippen LogP contribution in [0.5, 0.6) is 5.75 Å². The van der Waals surface area contributed by atoms with Crippen molar-refractivity contribution in [1.29, 1.82) is 0 Å². The maximum atomic E-state index is 11.2. The summed E-state index contributed by atoms with van der Waals surface area (Å²) in [6.07, 6.45) is 1.65. The fraction of sp³-hybridized carbons (Fsp3) is 0.167. The standard InChI is InChI=1S/C12H14N4O2/c1-9-3-2-4-10(7-9)18-8-16-6-5-11(15-16)12(17)14-13/h2-7H,8,13H2,1H3,(H,14,17). The number of carbonyl (C=O) groups is 1. The third kappa shape index (κ3) is 2.86. The maximum Gasteiger partial charge on any atom is 0.285 e. The number of ether oxygens (including phenoxy) is 1. The van der Waals surface area contributed by atoms with Gasteiger partial charge in [0.15, 0.2) is 12.4 Å². The van der Waals surface area contributed by atoms with Crippen LogP contribution < -0.4 is 16.0 Å². The molecule has 1 heterocycles. The molecule has 0 aliphatic carbocycles. The summed E-state index contributed by atoms with van der Waals surface area (Å²) in [5.74, 6) is 5.35. The van der Waals surface area contributed by atoms with E-state index in [1.54, 1.807) is 12.3 Å². The minimum atomic E-state index is -0.427. The van der Waals surface area contributed by atoms with Crippen molar-refractivity contribution in [3.8, 4) is 5.75 Å². The predicted octanol–water partition coefficient (Wildman–Crippen LogP) is 0.832. The largest absolute Gasteiger partial charge is 0.471 e. The van der Waals surface area contributed by atoms with Crippen molar-refractivity contribution in [3.63, 3.8) is 0 Å². The van der Waals surface area contributed by atoms with Gasteiger partial charge in [-0.25, -0.2) is 10.5 Å². The Morgan fingerprint density at radius 3 is 3.06 bits per heavy atom. The molecule has 0 aliphatic rings. The van der Waals surface area contributed by atoms with Crippen LogP contribution in [0.25, 0.3) is 0 Å². The van der Waals surface area contributed by atoms with Crippen LogP contribution >= 0.6 is 0 Å². The number of nitrogens with one attached hydrogen (secondary N) is 1. The molecule has 0 bridgehead atoms. The van der Waals surface area contributed by atoms with E-state index < -0.39 is 5.91 Å². The summed E-state index contributed by atoms with van der Waals surface area (Å²) in [6, 6.07) is 9.27. The number of nitrogens with zero attached hydrogens (tertiary/aromatic N) is 2. The molecule has 0 spiro atoms. The maximum absolute atomic E-state index is 11.2. The Bertz CT molecular complexity index is 551. The first-order valence-electron chi connectivity index (χ1n) is 5.43. The molecule has 18 heavy (non-hydrogen) atoms. The van der Waals surface area contributed by atoms with Gasteiger partial charge in [0, 0.05) is 6.20 Å². The zero-order valence-electron chi connectivity index (χ0n) is 9.96. The number of nitrogen functional groups attached to an aromatic ring is 1. The van der Waals surface area contributed by atoms with Crippen molar-refractivity contribution in [1.82, 2.24) is 15.2 Å². The number of hydrogen-bond acceptors (Lipinski definition) is 4. The number of hydrazine groups is 1. The summed E-state index contributed by atoms with van der Waals surface area (Å²) in [5, 5.41) is 4.02. The molecule has 0 fully saturated rings. The third-order valence-electron chi connectivity index (χ3n) is 2.36. The number of nitrogens with two attached hydrogens (primary N) is 1. The Balaban J connectivity index is 1.98. The highest BCUT2D eigenvalue weighted by Crippen LogP contribution is 2.12. The van der Waals surface area contributed by atoms with Crippen LogP contribution in [0.1, 0.15) is 16.1 Å². The van der Waals surface area contributed by atoms with E-state index in [2.05, 4.69) is 5.10 Å². The second-order valence-corrected chi connectivity index (χ2v) is 3.80. The molecule has 1 aromatic carbocycles. The van der Waals surface area contributed by atoms with Gasteiger partial charge in [-0.2, -0.15) is 5.10 Å². The van der Waals surface area contributed by atoms with Crippen LogP contribution in [0.4, 0.5) is 0 Å². The van der Waals surface area contributed by atoms with Gasteiger partial charge in [-0.05, 0) is 30.7 Å². The Kier molecular flexibility index (Phi) is 3.59. The minimum absolute atomic E-state index is 0.237. The molecule has 0 atom stereocenters. The van der Waals surface area contributed by atoms with Crippen molar-refractivity contribution in [2.24, 2.45) is 5.84 Å². The first kappa shape index (κ1) is 12.1. The SMILES string of the molecule is Cc1cccc(OCn2ccc(C(=O)NN)n2)c1. The lowest BCUT2D eigenvalue weighted by molar-refractivity contribution is 0.0946. The fourth-order valence-corrected chi connectivity index (χ4v) is 1.47. The Morgan fingerprint density at radius 2 is 2.33 bits per heavy atom. The summed E-state index contributed by atoms with van der Waals surface area (Å²) in [5.41, 5.74) is 3.40. The van der Waals surface area contributed by atoms with E-state index >= 15 is 0 Å². The van der Waals surface area contributed by atoms with Crippen LogP contribution in [-0.2, 0) is 6.73 Å². The lowest BCUT2D eigenvalue weighted by Crippen LogP contribution is -2.30. The first-order chi connectivity index (χ1) is 8.69. The van der Waals surface area contributed by atoms with Gasteiger partial charge < -0.3 is 4.74 Å². The number of aryl methyl sites for hydroxylation is 1. The van der Waals surface area contributed by atoms with Crippen LogP contribution in [-0.4, -0.2) is 15.7 Å². The molecular weight excluding hydrogens is 232 g/mol. The van der Waals surface area contributed by atoms with Crippen molar-refractivity contribution in [2.45, 2.75) is 13.7 Å². The number of benzene rings is 1. The summed E-state index contributed by atoms with van der Waals surface area (Å²) < 4.78 is 7.06. The van der Waals surface area contributed by atoms with Crippen molar-refractivity contribution < 1.29 is 9.53 Å². The van der Waals surface area contributed by atoms with E-state index in [1.165, 1.54) is 4.68 Å². The smallest absolute Gasteiger partial charge is 0.285 e. The van der Waals surface area contributed by atoms with Gasteiger partial charge >= 0.3 is 0 Å². The molecule has 3 N–H and O–H groups in total. The number of aromatic nitrogens is 2.